The van der Waals surface area contributed by atoms with Crippen LogP contribution >= 0.6 is 11.3 Å². The smallest absolute Gasteiger partial charge is 0.222 e. The van der Waals surface area contributed by atoms with E-state index in [1.165, 1.54) is 5.56 Å². The molecule has 0 aliphatic rings. The molecule has 2 heterocycles. The van der Waals surface area contributed by atoms with E-state index in [-0.39, 0.29) is 0 Å². The quantitative estimate of drug-likeness (QED) is 0.561. The van der Waals surface area contributed by atoms with Crippen molar-refractivity contribution in [3.8, 4) is 21.8 Å². The molecule has 0 radical (unpaired) electrons. The second-order valence-corrected chi connectivity index (χ2v) is 6.38. The molecule has 0 aliphatic carbocycles. The summed E-state index contributed by atoms with van der Waals surface area (Å²) in [5.74, 6) is 0.638. The third-order valence-electron chi connectivity index (χ3n) is 3.79. The molecule has 0 atom stereocenters. The molecule has 2 aromatic heterocycles. The van der Waals surface area contributed by atoms with Crippen molar-refractivity contribution in [2.24, 2.45) is 0 Å². The van der Waals surface area contributed by atoms with Crippen molar-refractivity contribution in [1.29, 1.82) is 0 Å². The first-order valence-corrected chi connectivity index (χ1v) is 8.87. The van der Waals surface area contributed by atoms with Crippen LogP contribution in [0.4, 0.5) is 5.95 Å². The minimum absolute atomic E-state index is 0.638. The first-order chi connectivity index (χ1) is 12.4. The second-order valence-electron chi connectivity index (χ2n) is 5.53. The predicted octanol–water partition coefficient (Wildman–Crippen LogP) is 4.88. The Morgan fingerprint density at radius 2 is 1.56 bits per heavy atom. The van der Waals surface area contributed by atoms with Crippen molar-refractivity contribution >= 4 is 17.3 Å². The van der Waals surface area contributed by atoms with Gasteiger partial charge in [0.25, 0.3) is 0 Å². The minimum Gasteiger partial charge on any atom is -0.350 e. The van der Waals surface area contributed by atoms with E-state index in [1.54, 1.807) is 29.8 Å². The summed E-state index contributed by atoms with van der Waals surface area (Å²) in [7, 11) is 0. The van der Waals surface area contributed by atoms with Gasteiger partial charge in [0.15, 0.2) is 0 Å². The fourth-order valence-corrected chi connectivity index (χ4v) is 3.32. The van der Waals surface area contributed by atoms with Gasteiger partial charge in [0.1, 0.15) is 5.01 Å². The average Bonchev–Trinajstić information content (AvgIpc) is 3.19. The van der Waals surface area contributed by atoms with Crippen molar-refractivity contribution in [2.75, 3.05) is 5.32 Å². The first-order valence-electron chi connectivity index (χ1n) is 8.00. The lowest BCUT2D eigenvalue weighted by Gasteiger charge is -2.05. The van der Waals surface area contributed by atoms with Gasteiger partial charge >= 0.3 is 0 Å². The van der Waals surface area contributed by atoms with E-state index in [2.05, 4.69) is 57.1 Å². The fourth-order valence-electron chi connectivity index (χ4n) is 2.48. The number of aromatic nitrogens is 3. The standard InChI is InChI=1S/C20H16N4S/c1-2-5-16(6-3-1)18-14-25-19(24-18)17-9-7-15(8-10-17)13-23-20-21-11-4-12-22-20/h1-12,14H,13H2,(H,21,22,23). The molecule has 0 aliphatic heterocycles. The lowest BCUT2D eigenvalue weighted by molar-refractivity contribution is 1.05. The Morgan fingerprint density at radius 3 is 2.32 bits per heavy atom. The number of nitrogens with one attached hydrogen (secondary N) is 1. The van der Waals surface area contributed by atoms with Gasteiger partial charge in [-0.2, -0.15) is 0 Å². The van der Waals surface area contributed by atoms with E-state index in [9.17, 15) is 0 Å². The summed E-state index contributed by atoms with van der Waals surface area (Å²) >= 11 is 1.67. The maximum Gasteiger partial charge on any atom is 0.222 e. The minimum atomic E-state index is 0.638. The Morgan fingerprint density at radius 1 is 0.800 bits per heavy atom. The average molecular weight is 344 g/mol. The molecule has 0 saturated carbocycles. The summed E-state index contributed by atoms with van der Waals surface area (Å²) in [6.45, 7) is 0.692. The van der Waals surface area contributed by atoms with E-state index in [0.29, 0.717) is 12.5 Å². The van der Waals surface area contributed by atoms with Gasteiger partial charge in [-0.3, -0.25) is 0 Å². The van der Waals surface area contributed by atoms with Crippen LogP contribution in [-0.4, -0.2) is 15.0 Å². The van der Waals surface area contributed by atoms with E-state index in [0.717, 1.165) is 21.8 Å². The SMILES string of the molecule is c1ccc(-c2csc(-c3ccc(CNc4ncccn4)cc3)n2)cc1. The highest BCUT2D eigenvalue weighted by atomic mass is 32.1. The maximum absolute atomic E-state index is 4.76. The summed E-state index contributed by atoms with van der Waals surface area (Å²) in [6.07, 6.45) is 3.45. The molecule has 0 fully saturated rings. The van der Waals surface area contributed by atoms with Gasteiger partial charge in [-0.05, 0) is 11.6 Å². The number of benzene rings is 2. The Hall–Kier alpha value is -3.05. The fraction of sp³-hybridized carbons (Fsp3) is 0.0500. The van der Waals surface area contributed by atoms with E-state index >= 15 is 0 Å². The van der Waals surface area contributed by atoms with Crippen LogP contribution < -0.4 is 5.32 Å². The third kappa shape index (κ3) is 3.72. The predicted molar refractivity (Wildman–Crippen MR) is 102 cm³/mol. The topological polar surface area (TPSA) is 50.7 Å². The van der Waals surface area contributed by atoms with Crippen LogP contribution in [0.3, 0.4) is 0 Å². The third-order valence-corrected chi connectivity index (χ3v) is 4.68. The molecule has 0 saturated heterocycles. The molecular formula is C20H16N4S. The Labute approximate surface area is 150 Å². The highest BCUT2D eigenvalue weighted by molar-refractivity contribution is 7.13. The van der Waals surface area contributed by atoms with Crippen LogP contribution in [0.5, 0.6) is 0 Å². The normalized spacial score (nSPS) is 10.6. The number of nitrogens with zero attached hydrogens (tertiary/aromatic N) is 3. The molecule has 2 aromatic carbocycles. The van der Waals surface area contributed by atoms with Gasteiger partial charge in [-0.15, -0.1) is 11.3 Å². The van der Waals surface area contributed by atoms with Gasteiger partial charge in [-0.1, -0.05) is 54.6 Å². The largest absolute Gasteiger partial charge is 0.350 e. The summed E-state index contributed by atoms with van der Waals surface area (Å²) in [6, 6.07) is 20.5. The molecule has 4 nitrogen and oxygen atoms in total. The molecule has 0 amide bonds. The van der Waals surface area contributed by atoms with E-state index < -0.39 is 0 Å². The van der Waals surface area contributed by atoms with Gasteiger partial charge < -0.3 is 5.32 Å². The monoisotopic (exact) mass is 344 g/mol. The summed E-state index contributed by atoms with van der Waals surface area (Å²) in [5.41, 5.74) is 4.48. The number of rotatable bonds is 5. The first kappa shape index (κ1) is 15.5. The number of thiazole rings is 1. The lowest BCUT2D eigenvalue weighted by atomic mass is 10.1. The van der Waals surface area contributed by atoms with Crippen LogP contribution in [0.25, 0.3) is 21.8 Å². The highest BCUT2D eigenvalue weighted by Gasteiger charge is 2.06. The highest BCUT2D eigenvalue weighted by Crippen LogP contribution is 2.28. The van der Waals surface area contributed by atoms with Crippen LogP contribution in [0.15, 0.2) is 78.4 Å². The summed E-state index contributed by atoms with van der Waals surface area (Å²) < 4.78 is 0. The summed E-state index contributed by atoms with van der Waals surface area (Å²) in [5, 5.41) is 6.35. The van der Waals surface area contributed by atoms with Crippen molar-refractivity contribution < 1.29 is 0 Å². The summed E-state index contributed by atoms with van der Waals surface area (Å²) in [4.78, 5) is 13.1. The zero-order valence-electron chi connectivity index (χ0n) is 13.5. The zero-order chi connectivity index (χ0) is 16.9. The number of hydrogen-bond donors (Lipinski definition) is 1. The van der Waals surface area contributed by atoms with Gasteiger partial charge in [0.2, 0.25) is 5.95 Å². The van der Waals surface area contributed by atoms with Crippen molar-refractivity contribution in [3.05, 3.63) is 84.0 Å². The zero-order valence-corrected chi connectivity index (χ0v) is 14.3. The molecule has 1 N–H and O–H groups in total. The van der Waals surface area contributed by atoms with Crippen LogP contribution in [0.2, 0.25) is 0 Å². The van der Waals surface area contributed by atoms with Crippen LogP contribution in [0.1, 0.15) is 5.56 Å². The van der Waals surface area contributed by atoms with Gasteiger partial charge in [0, 0.05) is 35.4 Å². The van der Waals surface area contributed by atoms with Crippen molar-refractivity contribution in [3.63, 3.8) is 0 Å². The molecule has 25 heavy (non-hydrogen) atoms. The number of anilines is 1. The van der Waals surface area contributed by atoms with Crippen LogP contribution in [-0.2, 0) is 6.54 Å². The van der Waals surface area contributed by atoms with Crippen molar-refractivity contribution in [1.82, 2.24) is 15.0 Å². The molecule has 0 bridgehead atoms. The number of hydrogen-bond acceptors (Lipinski definition) is 5. The Kier molecular flexibility index (Phi) is 4.48. The maximum atomic E-state index is 4.76. The lowest BCUT2D eigenvalue weighted by Crippen LogP contribution is -2.02. The van der Waals surface area contributed by atoms with E-state index in [1.807, 2.05) is 18.2 Å². The van der Waals surface area contributed by atoms with Crippen LogP contribution in [0, 0.1) is 0 Å². The van der Waals surface area contributed by atoms with E-state index in [4.69, 9.17) is 4.98 Å². The molecule has 122 valence electrons. The molecule has 4 aromatic rings. The van der Waals surface area contributed by atoms with Gasteiger partial charge in [-0.25, -0.2) is 15.0 Å². The molecular weight excluding hydrogens is 328 g/mol. The van der Waals surface area contributed by atoms with Gasteiger partial charge in [0.05, 0.1) is 5.69 Å². The molecule has 0 spiro atoms. The molecule has 0 unspecified atom stereocenters. The second kappa shape index (κ2) is 7.23. The molecule has 5 heteroatoms. The van der Waals surface area contributed by atoms with Crippen molar-refractivity contribution in [2.45, 2.75) is 6.54 Å². The molecule has 4 rings (SSSR count). The Bertz CT molecular complexity index is 934. The Balaban J connectivity index is 1.46.